The fourth-order valence-corrected chi connectivity index (χ4v) is 4.01. The predicted octanol–water partition coefficient (Wildman–Crippen LogP) is 2.49. The van der Waals surface area contributed by atoms with Crippen molar-refractivity contribution >= 4 is 33.7 Å². The molecule has 142 valence electrons. The van der Waals surface area contributed by atoms with E-state index in [1.165, 1.54) is 0 Å². The highest BCUT2D eigenvalue weighted by molar-refractivity contribution is 6.07. The number of amides is 1. The summed E-state index contributed by atoms with van der Waals surface area (Å²) < 4.78 is 3.94. The van der Waals surface area contributed by atoms with Gasteiger partial charge in [0.25, 0.3) is 0 Å². The topological polar surface area (TPSA) is 94.9 Å². The largest absolute Gasteiger partial charge is 0.382 e. The van der Waals surface area contributed by atoms with Crippen molar-refractivity contribution < 1.29 is 4.79 Å². The van der Waals surface area contributed by atoms with Gasteiger partial charge in [-0.2, -0.15) is 5.10 Å². The number of anilines is 1. The van der Waals surface area contributed by atoms with Crippen molar-refractivity contribution in [3.05, 3.63) is 42.5 Å². The molecule has 0 aliphatic carbocycles. The molecular formula is C20H21N7O. The van der Waals surface area contributed by atoms with Gasteiger partial charge in [0.15, 0.2) is 5.82 Å². The minimum Gasteiger partial charge on any atom is -0.382 e. The molecule has 28 heavy (non-hydrogen) atoms. The third-order valence-electron chi connectivity index (χ3n) is 5.36. The van der Waals surface area contributed by atoms with Crippen LogP contribution in [-0.4, -0.2) is 41.7 Å². The summed E-state index contributed by atoms with van der Waals surface area (Å²) in [6, 6.07) is 7.92. The standard InChI is InChI=1S/C20H21N7O/c1-2-26-16(12-25-9-3-5-17(25)28)24-18-19(26)14-7-6-13(27-10-4-8-22-27)11-15(14)23-20(18)21/h4,6-8,10-11H,2-3,5,9,12H2,1H3,(H2,21,23). The Bertz CT molecular complexity index is 1190. The molecule has 8 heteroatoms. The summed E-state index contributed by atoms with van der Waals surface area (Å²) in [5, 5.41) is 5.28. The monoisotopic (exact) mass is 375 g/mol. The van der Waals surface area contributed by atoms with Crippen molar-refractivity contribution in [2.45, 2.75) is 32.9 Å². The summed E-state index contributed by atoms with van der Waals surface area (Å²) >= 11 is 0. The van der Waals surface area contributed by atoms with E-state index in [-0.39, 0.29) is 5.91 Å². The molecule has 0 atom stereocenters. The third kappa shape index (κ3) is 2.52. The molecule has 0 bridgehead atoms. The molecule has 1 fully saturated rings. The first-order valence-corrected chi connectivity index (χ1v) is 9.52. The number of carbonyl (C=O) groups excluding carboxylic acids is 1. The van der Waals surface area contributed by atoms with E-state index in [1.54, 1.807) is 10.9 Å². The zero-order valence-electron chi connectivity index (χ0n) is 15.7. The van der Waals surface area contributed by atoms with Crippen LogP contribution in [0.15, 0.2) is 36.7 Å². The second kappa shape index (κ2) is 6.33. The number of hydrogen-bond donors (Lipinski definition) is 1. The van der Waals surface area contributed by atoms with Gasteiger partial charge in [-0.3, -0.25) is 4.79 Å². The molecule has 8 nitrogen and oxygen atoms in total. The Hall–Kier alpha value is -3.42. The summed E-state index contributed by atoms with van der Waals surface area (Å²) in [5.41, 5.74) is 9.67. The molecule has 1 amide bonds. The number of rotatable bonds is 4. The Labute approximate surface area is 161 Å². The van der Waals surface area contributed by atoms with Crippen LogP contribution in [0.4, 0.5) is 5.82 Å². The summed E-state index contributed by atoms with van der Waals surface area (Å²) in [4.78, 5) is 23.3. The maximum absolute atomic E-state index is 12.1. The molecule has 1 aliphatic rings. The molecule has 1 aliphatic heterocycles. The SMILES string of the molecule is CCn1c(CN2CCCC2=O)nc2c(N)nc3cc(-n4cccn4)ccc3c21. The van der Waals surface area contributed by atoms with Crippen LogP contribution in [0.3, 0.4) is 0 Å². The smallest absolute Gasteiger partial charge is 0.223 e. The predicted molar refractivity (Wildman–Crippen MR) is 107 cm³/mol. The maximum atomic E-state index is 12.1. The van der Waals surface area contributed by atoms with Crippen molar-refractivity contribution in [2.24, 2.45) is 0 Å². The molecule has 1 saturated heterocycles. The number of aryl methyl sites for hydroxylation is 1. The average molecular weight is 375 g/mol. The van der Waals surface area contributed by atoms with E-state index in [2.05, 4.69) is 21.6 Å². The number of likely N-dealkylation sites (tertiary alicyclic amines) is 1. The Morgan fingerprint density at radius 1 is 1.25 bits per heavy atom. The van der Waals surface area contributed by atoms with Crippen LogP contribution < -0.4 is 5.73 Å². The summed E-state index contributed by atoms with van der Waals surface area (Å²) in [5.74, 6) is 1.45. The van der Waals surface area contributed by atoms with Gasteiger partial charge < -0.3 is 15.2 Å². The summed E-state index contributed by atoms with van der Waals surface area (Å²) in [6.07, 6.45) is 5.17. The molecule has 3 aromatic heterocycles. The Kier molecular flexibility index (Phi) is 3.78. The van der Waals surface area contributed by atoms with Gasteiger partial charge in [-0.1, -0.05) is 0 Å². The van der Waals surface area contributed by atoms with Gasteiger partial charge in [0, 0.05) is 37.3 Å². The minimum absolute atomic E-state index is 0.189. The number of carbonyl (C=O) groups is 1. The normalized spacial score (nSPS) is 14.6. The number of pyridine rings is 1. The Morgan fingerprint density at radius 2 is 2.14 bits per heavy atom. The number of aromatic nitrogens is 5. The van der Waals surface area contributed by atoms with Crippen LogP contribution in [0, 0.1) is 0 Å². The van der Waals surface area contributed by atoms with Crippen molar-refractivity contribution in [1.29, 1.82) is 0 Å². The third-order valence-corrected chi connectivity index (χ3v) is 5.36. The number of fused-ring (bicyclic) bond motifs is 3. The van der Waals surface area contributed by atoms with E-state index in [0.29, 0.717) is 24.3 Å². The van der Waals surface area contributed by atoms with Crippen LogP contribution in [0.2, 0.25) is 0 Å². The second-order valence-corrected chi connectivity index (χ2v) is 7.04. The lowest BCUT2D eigenvalue weighted by Gasteiger charge is -2.16. The van der Waals surface area contributed by atoms with Crippen LogP contribution >= 0.6 is 0 Å². The molecule has 4 heterocycles. The number of imidazole rings is 1. The quantitative estimate of drug-likeness (QED) is 0.591. The molecule has 1 aromatic carbocycles. The van der Waals surface area contributed by atoms with Crippen molar-refractivity contribution in [2.75, 3.05) is 12.3 Å². The van der Waals surface area contributed by atoms with Crippen LogP contribution in [-0.2, 0) is 17.9 Å². The molecule has 0 saturated carbocycles. The van der Waals surface area contributed by atoms with Crippen molar-refractivity contribution in [1.82, 2.24) is 29.2 Å². The number of benzene rings is 1. The highest BCUT2D eigenvalue weighted by Gasteiger charge is 2.24. The van der Waals surface area contributed by atoms with E-state index in [0.717, 1.165) is 47.4 Å². The van der Waals surface area contributed by atoms with E-state index in [4.69, 9.17) is 10.7 Å². The van der Waals surface area contributed by atoms with E-state index in [1.807, 2.05) is 35.4 Å². The van der Waals surface area contributed by atoms with Gasteiger partial charge in [-0.15, -0.1) is 0 Å². The number of hydrogen-bond acceptors (Lipinski definition) is 5. The van der Waals surface area contributed by atoms with Gasteiger partial charge >= 0.3 is 0 Å². The molecular weight excluding hydrogens is 354 g/mol. The highest BCUT2D eigenvalue weighted by Crippen LogP contribution is 2.30. The summed E-state index contributed by atoms with van der Waals surface area (Å²) in [6.45, 7) is 4.12. The fourth-order valence-electron chi connectivity index (χ4n) is 4.01. The van der Waals surface area contributed by atoms with Gasteiger partial charge in [0.1, 0.15) is 11.3 Å². The summed E-state index contributed by atoms with van der Waals surface area (Å²) in [7, 11) is 0. The van der Waals surface area contributed by atoms with Crippen molar-refractivity contribution in [3.63, 3.8) is 0 Å². The van der Waals surface area contributed by atoms with E-state index >= 15 is 0 Å². The zero-order valence-corrected chi connectivity index (χ0v) is 15.7. The molecule has 4 aromatic rings. The van der Waals surface area contributed by atoms with Gasteiger partial charge in [0.2, 0.25) is 5.91 Å². The average Bonchev–Trinajstić information content (AvgIpc) is 3.42. The molecule has 0 unspecified atom stereocenters. The first-order valence-electron chi connectivity index (χ1n) is 9.52. The molecule has 2 N–H and O–H groups in total. The highest BCUT2D eigenvalue weighted by atomic mass is 16.2. The van der Waals surface area contributed by atoms with E-state index < -0.39 is 0 Å². The molecule has 0 radical (unpaired) electrons. The number of nitrogens with two attached hydrogens (primary N) is 1. The first kappa shape index (κ1) is 16.7. The molecule has 5 rings (SSSR count). The van der Waals surface area contributed by atoms with Gasteiger partial charge in [-0.05, 0) is 37.6 Å². The first-order chi connectivity index (χ1) is 13.7. The van der Waals surface area contributed by atoms with Crippen molar-refractivity contribution in [3.8, 4) is 5.69 Å². The second-order valence-electron chi connectivity index (χ2n) is 7.04. The Morgan fingerprint density at radius 3 is 2.86 bits per heavy atom. The lowest BCUT2D eigenvalue weighted by molar-refractivity contribution is -0.128. The van der Waals surface area contributed by atoms with Crippen LogP contribution in [0.1, 0.15) is 25.6 Å². The van der Waals surface area contributed by atoms with Gasteiger partial charge in [-0.25, -0.2) is 14.6 Å². The number of nitrogens with zero attached hydrogens (tertiary/aromatic N) is 6. The number of nitrogen functional groups attached to an aromatic ring is 1. The minimum atomic E-state index is 0.189. The van der Waals surface area contributed by atoms with Crippen LogP contribution in [0.5, 0.6) is 0 Å². The fraction of sp³-hybridized carbons (Fsp3) is 0.300. The van der Waals surface area contributed by atoms with E-state index in [9.17, 15) is 4.79 Å². The van der Waals surface area contributed by atoms with Gasteiger partial charge in [0.05, 0.1) is 23.3 Å². The molecule has 0 spiro atoms. The lowest BCUT2D eigenvalue weighted by atomic mass is 10.1. The lowest BCUT2D eigenvalue weighted by Crippen LogP contribution is -2.25. The maximum Gasteiger partial charge on any atom is 0.223 e. The zero-order chi connectivity index (χ0) is 19.3. The van der Waals surface area contributed by atoms with Crippen LogP contribution in [0.25, 0.3) is 27.6 Å². The Balaban J connectivity index is 1.69.